The van der Waals surface area contributed by atoms with Gasteiger partial charge in [-0.15, -0.1) is 0 Å². The van der Waals surface area contributed by atoms with E-state index in [2.05, 4.69) is 16.7 Å². The molecule has 0 N–H and O–H groups in total. The summed E-state index contributed by atoms with van der Waals surface area (Å²) in [4.78, 5) is 12.2. The summed E-state index contributed by atoms with van der Waals surface area (Å²) < 4.78 is 10.1. The van der Waals surface area contributed by atoms with E-state index in [1.165, 1.54) is 0 Å². The number of hydrogen-bond donors (Lipinski definition) is 0. The summed E-state index contributed by atoms with van der Waals surface area (Å²) in [6.45, 7) is 1.98. The number of rotatable bonds is 4. The molecular weight excluding hydrogens is 182 g/mol. The fraction of sp³-hybridized carbons (Fsp3) is 0.700. The third-order valence-electron chi connectivity index (χ3n) is 2.32. The van der Waals surface area contributed by atoms with Crippen molar-refractivity contribution >= 4 is 6.29 Å². The van der Waals surface area contributed by atoms with Crippen LogP contribution in [0.3, 0.4) is 0 Å². The van der Waals surface area contributed by atoms with Crippen LogP contribution in [0.2, 0.25) is 0 Å². The highest BCUT2D eigenvalue weighted by Gasteiger charge is 2.27. The van der Waals surface area contributed by atoms with Crippen molar-refractivity contribution in [3.63, 3.8) is 0 Å². The van der Waals surface area contributed by atoms with Crippen molar-refractivity contribution in [3.05, 3.63) is 0 Å². The summed E-state index contributed by atoms with van der Waals surface area (Å²) in [7, 11) is 3.59. The highest BCUT2D eigenvalue weighted by atomic mass is 16.5. The second-order valence-corrected chi connectivity index (χ2v) is 3.23. The van der Waals surface area contributed by atoms with Crippen molar-refractivity contribution in [2.24, 2.45) is 0 Å². The minimum absolute atomic E-state index is 0.0286. The third-order valence-corrected chi connectivity index (χ3v) is 2.32. The summed E-state index contributed by atoms with van der Waals surface area (Å²) in [6, 6.07) is 0.371. The summed E-state index contributed by atoms with van der Waals surface area (Å²) >= 11 is 0. The van der Waals surface area contributed by atoms with Gasteiger partial charge in [0.25, 0.3) is 0 Å². The number of hydrogen-bond acceptors (Lipinski definition) is 4. The number of methoxy groups -OCH3 is 1. The van der Waals surface area contributed by atoms with Crippen LogP contribution >= 0.6 is 0 Å². The van der Waals surface area contributed by atoms with Gasteiger partial charge in [-0.1, -0.05) is 5.92 Å². The lowest BCUT2D eigenvalue weighted by Crippen LogP contribution is -2.52. The predicted octanol–water partition coefficient (Wildman–Crippen LogP) is -0.466. The van der Waals surface area contributed by atoms with Crippen molar-refractivity contribution in [1.82, 2.24) is 4.90 Å². The first kappa shape index (κ1) is 11.2. The fourth-order valence-electron chi connectivity index (χ4n) is 1.26. The maximum atomic E-state index is 10.1. The van der Waals surface area contributed by atoms with E-state index in [-0.39, 0.29) is 6.04 Å². The number of aldehydes is 1. The van der Waals surface area contributed by atoms with E-state index in [1.807, 2.05) is 7.05 Å². The van der Waals surface area contributed by atoms with Gasteiger partial charge in [-0.3, -0.25) is 9.69 Å². The monoisotopic (exact) mass is 197 g/mol. The van der Waals surface area contributed by atoms with Gasteiger partial charge in [0.2, 0.25) is 0 Å². The second kappa shape index (κ2) is 5.76. The van der Waals surface area contributed by atoms with E-state index in [4.69, 9.17) is 9.47 Å². The first-order valence-corrected chi connectivity index (χ1v) is 4.53. The van der Waals surface area contributed by atoms with Crippen LogP contribution in [0.4, 0.5) is 0 Å². The van der Waals surface area contributed by atoms with E-state index < -0.39 is 0 Å². The Morgan fingerprint density at radius 1 is 1.71 bits per heavy atom. The average molecular weight is 197 g/mol. The summed E-state index contributed by atoms with van der Waals surface area (Å²) in [5, 5.41) is 0. The largest absolute Gasteiger partial charge is 0.382 e. The molecule has 14 heavy (non-hydrogen) atoms. The van der Waals surface area contributed by atoms with E-state index in [0.29, 0.717) is 18.9 Å². The molecule has 1 fully saturated rings. The molecule has 0 aromatic rings. The molecule has 1 heterocycles. The molecule has 4 heteroatoms. The Balaban J connectivity index is 2.50. The van der Waals surface area contributed by atoms with Crippen LogP contribution in [0, 0.1) is 11.8 Å². The quantitative estimate of drug-likeness (QED) is 0.451. The standard InChI is InChI=1S/C10H15NO3/c1-11(10-7-14-8-10)9(6-13-2)4-3-5-12/h5,9-10H,6-8H2,1-2H3. The van der Waals surface area contributed by atoms with Gasteiger partial charge in [-0.2, -0.15) is 0 Å². The Labute approximate surface area is 84.2 Å². The van der Waals surface area contributed by atoms with Gasteiger partial charge in [0.1, 0.15) is 0 Å². The Morgan fingerprint density at radius 2 is 2.43 bits per heavy atom. The Bertz CT molecular complexity index is 239. The molecule has 1 aliphatic heterocycles. The number of carbonyl (C=O) groups is 1. The van der Waals surface area contributed by atoms with E-state index in [1.54, 1.807) is 7.11 Å². The topological polar surface area (TPSA) is 38.8 Å². The lowest BCUT2D eigenvalue weighted by molar-refractivity contribution is -0.103. The zero-order valence-electron chi connectivity index (χ0n) is 8.53. The van der Waals surface area contributed by atoms with Crippen molar-refractivity contribution in [1.29, 1.82) is 0 Å². The summed E-state index contributed by atoms with van der Waals surface area (Å²) in [5.74, 6) is 5.27. The van der Waals surface area contributed by atoms with Gasteiger partial charge in [0.05, 0.1) is 31.9 Å². The lowest BCUT2D eigenvalue weighted by Gasteiger charge is -2.37. The molecule has 1 rings (SSSR count). The third kappa shape index (κ3) is 2.81. The number of carbonyl (C=O) groups excluding carboxylic acids is 1. The Morgan fingerprint density at radius 3 is 2.86 bits per heavy atom. The van der Waals surface area contributed by atoms with Gasteiger partial charge >= 0.3 is 0 Å². The minimum atomic E-state index is -0.0286. The SMILES string of the molecule is COCC(C#CC=O)N(C)C1COC1. The highest BCUT2D eigenvalue weighted by Crippen LogP contribution is 2.11. The molecule has 78 valence electrons. The molecule has 0 radical (unpaired) electrons. The minimum Gasteiger partial charge on any atom is -0.382 e. The molecular formula is C10H15NO3. The van der Waals surface area contributed by atoms with E-state index in [9.17, 15) is 4.79 Å². The zero-order valence-corrected chi connectivity index (χ0v) is 8.53. The average Bonchev–Trinajstić information content (AvgIpc) is 2.09. The number of ether oxygens (including phenoxy) is 2. The molecule has 1 unspecified atom stereocenters. The van der Waals surface area contributed by atoms with Crippen LogP contribution in [0.5, 0.6) is 0 Å². The van der Waals surface area contributed by atoms with Crippen LogP contribution in [-0.2, 0) is 14.3 Å². The molecule has 0 saturated carbocycles. The van der Waals surface area contributed by atoms with Crippen LogP contribution < -0.4 is 0 Å². The van der Waals surface area contributed by atoms with Crippen molar-refractivity contribution in [3.8, 4) is 11.8 Å². The fourth-order valence-corrected chi connectivity index (χ4v) is 1.26. The van der Waals surface area contributed by atoms with Crippen molar-refractivity contribution in [2.75, 3.05) is 34.0 Å². The molecule has 0 aromatic heterocycles. The van der Waals surface area contributed by atoms with Crippen molar-refractivity contribution < 1.29 is 14.3 Å². The smallest absolute Gasteiger partial charge is 0.192 e. The van der Waals surface area contributed by atoms with Gasteiger partial charge < -0.3 is 9.47 Å². The molecule has 1 saturated heterocycles. The van der Waals surface area contributed by atoms with E-state index >= 15 is 0 Å². The zero-order chi connectivity index (χ0) is 10.4. The molecule has 0 amide bonds. The molecule has 4 nitrogen and oxygen atoms in total. The van der Waals surface area contributed by atoms with Crippen LogP contribution in [0.25, 0.3) is 0 Å². The summed E-state index contributed by atoms with van der Waals surface area (Å²) in [5.41, 5.74) is 0. The number of likely N-dealkylation sites (N-methyl/N-ethyl adjacent to an activating group) is 1. The first-order chi connectivity index (χ1) is 6.79. The van der Waals surface area contributed by atoms with E-state index in [0.717, 1.165) is 13.2 Å². The van der Waals surface area contributed by atoms with Gasteiger partial charge in [0.15, 0.2) is 6.29 Å². The summed E-state index contributed by atoms with van der Waals surface area (Å²) in [6.07, 6.45) is 0.605. The van der Waals surface area contributed by atoms with Crippen molar-refractivity contribution in [2.45, 2.75) is 12.1 Å². The molecule has 1 aliphatic rings. The molecule has 0 spiro atoms. The van der Waals surface area contributed by atoms with Crippen LogP contribution in [0.15, 0.2) is 0 Å². The normalized spacial score (nSPS) is 18.2. The first-order valence-electron chi connectivity index (χ1n) is 4.53. The maximum Gasteiger partial charge on any atom is 0.192 e. The predicted molar refractivity (Wildman–Crippen MR) is 51.9 cm³/mol. The lowest BCUT2D eigenvalue weighted by atomic mass is 10.1. The van der Waals surface area contributed by atoms with Gasteiger partial charge in [-0.25, -0.2) is 0 Å². The second-order valence-electron chi connectivity index (χ2n) is 3.23. The molecule has 0 aliphatic carbocycles. The van der Waals surface area contributed by atoms with Gasteiger partial charge in [-0.05, 0) is 13.0 Å². The molecule has 0 bridgehead atoms. The molecule has 1 atom stereocenters. The highest BCUT2D eigenvalue weighted by molar-refractivity contribution is 5.72. The van der Waals surface area contributed by atoms with Crippen LogP contribution in [-0.4, -0.2) is 57.2 Å². The Hall–Kier alpha value is -0.890. The maximum absolute atomic E-state index is 10.1. The molecule has 0 aromatic carbocycles. The van der Waals surface area contributed by atoms with Crippen LogP contribution in [0.1, 0.15) is 0 Å². The Kier molecular flexibility index (Phi) is 4.60. The number of nitrogens with zero attached hydrogens (tertiary/aromatic N) is 1. The van der Waals surface area contributed by atoms with Gasteiger partial charge in [0, 0.05) is 7.11 Å².